The fraction of sp³-hybridized carbons (Fsp3) is 0.188. The smallest absolute Gasteiger partial charge is 0.387 e. The molecule has 0 aliphatic rings. The molecular weight excluding hydrogens is 324 g/mol. The van der Waals surface area contributed by atoms with E-state index in [-0.39, 0.29) is 22.7 Å². The standard InChI is InChI=1S/C16H13F2NO5/c1-10-2-7-13(19(21)22)15(8-10)23-9-14(20)11-3-5-12(6-4-11)24-16(17)18/h2-8,16H,9H2,1H3. The molecule has 0 aliphatic carbocycles. The molecule has 24 heavy (non-hydrogen) atoms. The van der Waals surface area contributed by atoms with Crippen LogP contribution in [0.1, 0.15) is 15.9 Å². The Bertz CT molecular complexity index is 747. The number of ether oxygens (including phenoxy) is 2. The van der Waals surface area contributed by atoms with Gasteiger partial charge in [0, 0.05) is 11.6 Å². The van der Waals surface area contributed by atoms with E-state index in [1.165, 1.54) is 36.4 Å². The molecular formula is C16H13F2NO5. The van der Waals surface area contributed by atoms with Gasteiger partial charge in [-0.3, -0.25) is 14.9 Å². The van der Waals surface area contributed by atoms with Crippen LogP contribution in [0.2, 0.25) is 0 Å². The van der Waals surface area contributed by atoms with E-state index < -0.39 is 23.9 Å². The maximum Gasteiger partial charge on any atom is 0.387 e. The zero-order valence-corrected chi connectivity index (χ0v) is 12.6. The second-order valence-electron chi connectivity index (χ2n) is 4.84. The molecule has 0 atom stereocenters. The summed E-state index contributed by atoms with van der Waals surface area (Å²) >= 11 is 0. The third kappa shape index (κ3) is 4.48. The van der Waals surface area contributed by atoms with Crippen LogP contribution in [0.25, 0.3) is 0 Å². The van der Waals surface area contributed by atoms with E-state index in [4.69, 9.17) is 4.74 Å². The van der Waals surface area contributed by atoms with Crippen molar-refractivity contribution in [3.8, 4) is 11.5 Å². The average molecular weight is 337 g/mol. The van der Waals surface area contributed by atoms with Gasteiger partial charge < -0.3 is 9.47 Å². The largest absolute Gasteiger partial charge is 0.478 e. The van der Waals surface area contributed by atoms with Gasteiger partial charge in [-0.1, -0.05) is 6.07 Å². The highest BCUT2D eigenvalue weighted by Crippen LogP contribution is 2.28. The van der Waals surface area contributed by atoms with Gasteiger partial charge in [0.15, 0.2) is 18.1 Å². The predicted octanol–water partition coefficient (Wildman–Crippen LogP) is 3.77. The second-order valence-corrected chi connectivity index (χ2v) is 4.84. The summed E-state index contributed by atoms with van der Waals surface area (Å²) in [7, 11) is 0. The Labute approximate surface area is 135 Å². The lowest BCUT2D eigenvalue weighted by Gasteiger charge is -2.08. The monoisotopic (exact) mass is 337 g/mol. The van der Waals surface area contributed by atoms with Crippen LogP contribution >= 0.6 is 0 Å². The molecule has 2 aromatic rings. The first-order valence-electron chi connectivity index (χ1n) is 6.82. The zero-order valence-electron chi connectivity index (χ0n) is 12.6. The van der Waals surface area contributed by atoms with Crippen LogP contribution in [0.15, 0.2) is 42.5 Å². The molecule has 126 valence electrons. The van der Waals surface area contributed by atoms with Crippen LogP contribution < -0.4 is 9.47 Å². The fourth-order valence-corrected chi connectivity index (χ4v) is 1.94. The average Bonchev–Trinajstić information content (AvgIpc) is 2.52. The zero-order chi connectivity index (χ0) is 17.7. The van der Waals surface area contributed by atoms with Crippen LogP contribution in [0.3, 0.4) is 0 Å². The molecule has 0 saturated heterocycles. The number of nitro groups is 1. The molecule has 0 spiro atoms. The normalized spacial score (nSPS) is 10.5. The second kappa shape index (κ2) is 7.49. The molecule has 0 N–H and O–H groups in total. The summed E-state index contributed by atoms with van der Waals surface area (Å²) < 4.78 is 33.5. The Morgan fingerprint density at radius 2 is 1.88 bits per heavy atom. The molecule has 2 aromatic carbocycles. The van der Waals surface area contributed by atoms with E-state index in [2.05, 4.69) is 4.74 Å². The first-order chi connectivity index (χ1) is 11.4. The number of hydrogen-bond acceptors (Lipinski definition) is 5. The quantitative estimate of drug-likeness (QED) is 0.436. The summed E-state index contributed by atoms with van der Waals surface area (Å²) in [5, 5.41) is 10.9. The van der Waals surface area contributed by atoms with Crippen LogP contribution in [-0.2, 0) is 0 Å². The van der Waals surface area contributed by atoms with Gasteiger partial charge in [-0.25, -0.2) is 0 Å². The minimum atomic E-state index is -2.95. The number of carbonyl (C=O) groups is 1. The van der Waals surface area contributed by atoms with Crippen molar-refractivity contribution >= 4 is 11.5 Å². The van der Waals surface area contributed by atoms with Crippen LogP contribution in [0, 0.1) is 17.0 Å². The van der Waals surface area contributed by atoms with Crippen molar-refractivity contribution in [3.05, 3.63) is 63.7 Å². The minimum absolute atomic E-state index is 0.00833. The van der Waals surface area contributed by atoms with Crippen molar-refractivity contribution in [1.29, 1.82) is 0 Å². The van der Waals surface area contributed by atoms with Crippen molar-refractivity contribution in [3.63, 3.8) is 0 Å². The Kier molecular flexibility index (Phi) is 5.41. The summed E-state index contributed by atoms with van der Waals surface area (Å²) in [5.74, 6) is -0.530. The summed E-state index contributed by atoms with van der Waals surface area (Å²) in [4.78, 5) is 22.4. The highest BCUT2D eigenvalue weighted by Gasteiger charge is 2.17. The van der Waals surface area contributed by atoms with Crippen molar-refractivity contribution in [2.24, 2.45) is 0 Å². The number of nitro benzene ring substituents is 1. The lowest BCUT2D eigenvalue weighted by molar-refractivity contribution is -0.385. The van der Waals surface area contributed by atoms with Crippen molar-refractivity contribution < 1.29 is 28.0 Å². The maximum absolute atomic E-state index is 12.1. The van der Waals surface area contributed by atoms with Gasteiger partial charge in [0.2, 0.25) is 0 Å². The molecule has 0 saturated carbocycles. The Balaban J connectivity index is 2.05. The number of ketones is 1. The molecule has 0 aromatic heterocycles. The number of carbonyl (C=O) groups excluding carboxylic acids is 1. The summed E-state index contributed by atoms with van der Waals surface area (Å²) in [6.07, 6.45) is 0. The van der Waals surface area contributed by atoms with Crippen molar-refractivity contribution in [2.75, 3.05) is 6.61 Å². The van der Waals surface area contributed by atoms with Crippen LogP contribution in [0.5, 0.6) is 11.5 Å². The van der Waals surface area contributed by atoms with Gasteiger partial charge in [0.1, 0.15) is 5.75 Å². The Morgan fingerprint density at radius 3 is 2.46 bits per heavy atom. The molecule has 0 radical (unpaired) electrons. The number of nitrogens with zero attached hydrogens (tertiary/aromatic N) is 1. The number of rotatable bonds is 7. The van der Waals surface area contributed by atoms with E-state index in [0.29, 0.717) is 0 Å². The lowest BCUT2D eigenvalue weighted by atomic mass is 10.1. The van der Waals surface area contributed by atoms with Crippen LogP contribution in [-0.4, -0.2) is 23.9 Å². The highest BCUT2D eigenvalue weighted by atomic mass is 19.3. The van der Waals surface area contributed by atoms with Gasteiger partial charge in [0.05, 0.1) is 4.92 Å². The van der Waals surface area contributed by atoms with E-state index in [1.54, 1.807) is 13.0 Å². The van der Waals surface area contributed by atoms with E-state index in [1.807, 2.05) is 0 Å². The number of halogens is 2. The SMILES string of the molecule is Cc1ccc([N+](=O)[O-])c(OCC(=O)c2ccc(OC(F)F)cc2)c1. The lowest BCUT2D eigenvalue weighted by Crippen LogP contribution is -2.12. The summed E-state index contributed by atoms with van der Waals surface area (Å²) in [6.45, 7) is -1.63. The molecule has 0 fully saturated rings. The number of hydrogen-bond donors (Lipinski definition) is 0. The van der Waals surface area contributed by atoms with Gasteiger partial charge in [-0.05, 0) is 42.8 Å². The van der Waals surface area contributed by atoms with Crippen LogP contribution in [0.4, 0.5) is 14.5 Å². The number of Topliss-reactive ketones (excluding diaryl/α,β-unsaturated/α-hetero) is 1. The topological polar surface area (TPSA) is 78.7 Å². The number of benzene rings is 2. The minimum Gasteiger partial charge on any atom is -0.478 e. The van der Waals surface area contributed by atoms with Gasteiger partial charge in [-0.2, -0.15) is 8.78 Å². The molecule has 0 heterocycles. The van der Waals surface area contributed by atoms with Crippen molar-refractivity contribution in [2.45, 2.75) is 13.5 Å². The van der Waals surface area contributed by atoms with Gasteiger partial charge >= 0.3 is 12.3 Å². The molecule has 6 nitrogen and oxygen atoms in total. The van der Waals surface area contributed by atoms with E-state index in [9.17, 15) is 23.7 Å². The molecule has 0 amide bonds. The number of aryl methyl sites for hydroxylation is 1. The molecule has 0 aliphatic heterocycles. The Morgan fingerprint density at radius 1 is 1.21 bits per heavy atom. The molecule has 8 heteroatoms. The first-order valence-corrected chi connectivity index (χ1v) is 6.82. The fourth-order valence-electron chi connectivity index (χ4n) is 1.94. The first kappa shape index (κ1) is 17.3. The third-order valence-electron chi connectivity index (χ3n) is 3.07. The molecule has 0 bridgehead atoms. The molecule has 2 rings (SSSR count). The third-order valence-corrected chi connectivity index (χ3v) is 3.07. The maximum atomic E-state index is 12.1. The van der Waals surface area contributed by atoms with Crippen molar-refractivity contribution in [1.82, 2.24) is 0 Å². The summed E-state index contributed by atoms with van der Waals surface area (Å²) in [6, 6.07) is 9.41. The molecule has 0 unspecified atom stereocenters. The highest BCUT2D eigenvalue weighted by molar-refractivity contribution is 5.97. The Hall–Kier alpha value is -3.03. The predicted molar refractivity (Wildman–Crippen MR) is 80.7 cm³/mol. The van der Waals surface area contributed by atoms with Gasteiger partial charge in [0.25, 0.3) is 0 Å². The van der Waals surface area contributed by atoms with E-state index >= 15 is 0 Å². The van der Waals surface area contributed by atoms with E-state index in [0.717, 1.165) is 5.56 Å². The summed E-state index contributed by atoms with van der Waals surface area (Å²) in [5.41, 5.74) is 0.720. The van der Waals surface area contributed by atoms with Gasteiger partial charge in [-0.15, -0.1) is 0 Å². The number of alkyl halides is 2.